The Kier molecular flexibility index (Phi) is 6.03. The number of benzene rings is 1. The van der Waals surface area contributed by atoms with Crippen LogP contribution in [0.3, 0.4) is 0 Å². The minimum absolute atomic E-state index is 0.172. The minimum Gasteiger partial charge on any atom is -0.508 e. The van der Waals surface area contributed by atoms with Gasteiger partial charge in [0.15, 0.2) is 0 Å². The van der Waals surface area contributed by atoms with E-state index in [0.29, 0.717) is 17.6 Å². The monoisotopic (exact) mass is 293 g/mol. The van der Waals surface area contributed by atoms with Crippen molar-refractivity contribution in [1.29, 1.82) is 0 Å². The van der Waals surface area contributed by atoms with Gasteiger partial charge in [-0.3, -0.25) is 0 Å². The molecular weight excluding hydrogens is 266 g/mol. The number of rotatable bonds is 6. The summed E-state index contributed by atoms with van der Waals surface area (Å²) in [5.41, 5.74) is 1.30. The molecule has 1 aliphatic rings. The average molecular weight is 293 g/mol. The highest BCUT2D eigenvalue weighted by atomic mass is 16.6. The molecule has 0 aliphatic heterocycles. The van der Waals surface area contributed by atoms with Gasteiger partial charge in [-0.15, -0.1) is 0 Å². The van der Waals surface area contributed by atoms with Gasteiger partial charge < -0.3 is 19.8 Å². The van der Waals surface area contributed by atoms with E-state index in [9.17, 15) is 5.11 Å². The SMILES string of the molecule is CN(C)CC(c1ccc(O)cc1)C1CCC(OCO)CC1. The quantitative estimate of drug-likeness (QED) is 0.792. The van der Waals surface area contributed by atoms with Crippen LogP contribution in [-0.2, 0) is 4.74 Å². The zero-order valence-electron chi connectivity index (χ0n) is 13.0. The van der Waals surface area contributed by atoms with Crippen molar-refractivity contribution in [3.63, 3.8) is 0 Å². The Morgan fingerprint density at radius 3 is 2.29 bits per heavy atom. The third kappa shape index (κ3) is 4.70. The Balaban J connectivity index is 2.05. The molecule has 1 saturated carbocycles. The first-order valence-electron chi connectivity index (χ1n) is 7.76. The number of hydrogen-bond donors (Lipinski definition) is 2. The fraction of sp³-hybridized carbons (Fsp3) is 0.647. The van der Waals surface area contributed by atoms with E-state index >= 15 is 0 Å². The zero-order chi connectivity index (χ0) is 15.2. The summed E-state index contributed by atoms with van der Waals surface area (Å²) in [7, 11) is 4.21. The van der Waals surface area contributed by atoms with Gasteiger partial charge in [-0.05, 0) is 69.3 Å². The molecule has 0 spiro atoms. The minimum atomic E-state index is -0.172. The molecule has 4 nitrogen and oxygen atoms in total. The van der Waals surface area contributed by atoms with Crippen molar-refractivity contribution in [2.24, 2.45) is 5.92 Å². The summed E-state index contributed by atoms with van der Waals surface area (Å²) in [4.78, 5) is 2.23. The van der Waals surface area contributed by atoms with Crippen molar-refractivity contribution in [1.82, 2.24) is 4.90 Å². The van der Waals surface area contributed by atoms with Gasteiger partial charge in [0.2, 0.25) is 0 Å². The maximum atomic E-state index is 9.47. The van der Waals surface area contributed by atoms with Crippen molar-refractivity contribution in [2.75, 3.05) is 27.4 Å². The Morgan fingerprint density at radius 2 is 1.76 bits per heavy atom. The summed E-state index contributed by atoms with van der Waals surface area (Å²) >= 11 is 0. The summed E-state index contributed by atoms with van der Waals surface area (Å²) in [6, 6.07) is 7.64. The summed E-state index contributed by atoms with van der Waals surface area (Å²) < 4.78 is 5.33. The van der Waals surface area contributed by atoms with Gasteiger partial charge in [0, 0.05) is 6.54 Å². The van der Waals surface area contributed by atoms with E-state index in [0.717, 1.165) is 32.2 Å². The molecule has 0 radical (unpaired) electrons. The van der Waals surface area contributed by atoms with Gasteiger partial charge in [-0.1, -0.05) is 12.1 Å². The van der Waals surface area contributed by atoms with Crippen LogP contribution in [0, 0.1) is 5.92 Å². The van der Waals surface area contributed by atoms with Gasteiger partial charge in [-0.25, -0.2) is 0 Å². The molecule has 1 atom stereocenters. The van der Waals surface area contributed by atoms with E-state index < -0.39 is 0 Å². The van der Waals surface area contributed by atoms with Gasteiger partial charge in [-0.2, -0.15) is 0 Å². The number of hydrogen-bond acceptors (Lipinski definition) is 4. The van der Waals surface area contributed by atoms with Crippen LogP contribution in [0.5, 0.6) is 5.75 Å². The fourth-order valence-corrected chi connectivity index (χ4v) is 3.40. The first kappa shape index (κ1) is 16.3. The Bertz CT molecular complexity index is 411. The molecule has 0 heterocycles. The number of likely N-dealkylation sites (N-methyl/N-ethyl adjacent to an activating group) is 1. The molecule has 21 heavy (non-hydrogen) atoms. The van der Waals surface area contributed by atoms with Crippen LogP contribution in [0.15, 0.2) is 24.3 Å². The lowest BCUT2D eigenvalue weighted by Crippen LogP contribution is -2.30. The predicted octanol–water partition coefficient (Wildman–Crippen LogP) is 2.56. The molecule has 0 amide bonds. The van der Waals surface area contributed by atoms with Crippen LogP contribution in [-0.4, -0.2) is 48.6 Å². The van der Waals surface area contributed by atoms with Crippen molar-refractivity contribution in [3.8, 4) is 5.75 Å². The van der Waals surface area contributed by atoms with Crippen molar-refractivity contribution in [3.05, 3.63) is 29.8 Å². The molecule has 2 rings (SSSR count). The first-order chi connectivity index (χ1) is 10.1. The average Bonchev–Trinajstić information content (AvgIpc) is 2.47. The fourth-order valence-electron chi connectivity index (χ4n) is 3.40. The molecule has 1 aromatic carbocycles. The largest absolute Gasteiger partial charge is 0.508 e. The van der Waals surface area contributed by atoms with Crippen LogP contribution in [0.2, 0.25) is 0 Å². The third-order valence-electron chi connectivity index (χ3n) is 4.48. The highest BCUT2D eigenvalue weighted by molar-refractivity contribution is 5.29. The second-order valence-electron chi connectivity index (χ2n) is 6.29. The standard InChI is InChI=1S/C17H27NO3/c1-18(2)11-17(13-3-7-15(20)8-4-13)14-5-9-16(10-6-14)21-12-19/h3-4,7-8,14,16-17,19-20H,5-6,9-12H2,1-2H3. The lowest BCUT2D eigenvalue weighted by molar-refractivity contribution is -0.0684. The van der Waals surface area contributed by atoms with Gasteiger partial charge >= 0.3 is 0 Å². The van der Waals surface area contributed by atoms with E-state index in [-0.39, 0.29) is 12.9 Å². The number of aliphatic hydroxyl groups excluding tert-OH is 1. The lowest BCUT2D eigenvalue weighted by Gasteiger charge is -2.35. The Morgan fingerprint density at radius 1 is 1.14 bits per heavy atom. The molecular formula is C17H27NO3. The Hall–Kier alpha value is -1.10. The molecule has 2 N–H and O–H groups in total. The molecule has 1 unspecified atom stereocenters. The number of ether oxygens (including phenoxy) is 1. The van der Waals surface area contributed by atoms with Crippen molar-refractivity contribution >= 4 is 0 Å². The summed E-state index contributed by atoms with van der Waals surface area (Å²) in [6.45, 7) is 0.843. The second kappa shape index (κ2) is 7.78. The highest BCUT2D eigenvalue weighted by Crippen LogP contribution is 2.37. The van der Waals surface area contributed by atoms with Crippen LogP contribution in [0.25, 0.3) is 0 Å². The van der Waals surface area contributed by atoms with Crippen LogP contribution < -0.4 is 0 Å². The number of aliphatic hydroxyl groups is 1. The maximum absolute atomic E-state index is 9.47. The zero-order valence-corrected chi connectivity index (χ0v) is 13.0. The Labute approximate surface area is 127 Å². The van der Waals surface area contributed by atoms with Crippen LogP contribution in [0.1, 0.15) is 37.2 Å². The first-order valence-corrected chi connectivity index (χ1v) is 7.76. The topological polar surface area (TPSA) is 52.9 Å². The van der Waals surface area contributed by atoms with Crippen molar-refractivity contribution < 1.29 is 14.9 Å². The maximum Gasteiger partial charge on any atom is 0.143 e. The highest BCUT2D eigenvalue weighted by Gasteiger charge is 2.29. The second-order valence-corrected chi connectivity index (χ2v) is 6.29. The van der Waals surface area contributed by atoms with Crippen LogP contribution in [0.4, 0.5) is 0 Å². The molecule has 0 saturated heterocycles. The summed E-state index contributed by atoms with van der Waals surface area (Å²) in [6.07, 6.45) is 4.51. The molecule has 1 fully saturated rings. The molecule has 4 heteroatoms. The molecule has 1 aliphatic carbocycles. The van der Waals surface area contributed by atoms with E-state index in [1.165, 1.54) is 5.56 Å². The number of nitrogens with zero attached hydrogens (tertiary/aromatic N) is 1. The van der Waals surface area contributed by atoms with Crippen molar-refractivity contribution in [2.45, 2.75) is 37.7 Å². The normalized spacial score (nSPS) is 24.2. The number of phenolic OH excluding ortho intramolecular Hbond substituents is 1. The molecule has 118 valence electrons. The molecule has 0 bridgehead atoms. The van der Waals surface area contributed by atoms with Gasteiger partial charge in [0.1, 0.15) is 12.5 Å². The third-order valence-corrected chi connectivity index (χ3v) is 4.48. The van der Waals surface area contributed by atoms with Crippen LogP contribution >= 0.6 is 0 Å². The van der Waals surface area contributed by atoms with E-state index in [2.05, 4.69) is 19.0 Å². The molecule has 1 aromatic rings. The summed E-state index contributed by atoms with van der Waals surface area (Å²) in [5.74, 6) is 1.44. The van der Waals surface area contributed by atoms with Gasteiger partial charge in [0.05, 0.1) is 6.10 Å². The lowest BCUT2D eigenvalue weighted by atomic mass is 9.75. The van der Waals surface area contributed by atoms with E-state index in [4.69, 9.17) is 9.84 Å². The van der Waals surface area contributed by atoms with E-state index in [1.807, 2.05) is 12.1 Å². The summed E-state index contributed by atoms with van der Waals surface area (Å²) in [5, 5.41) is 18.3. The molecule has 0 aromatic heterocycles. The van der Waals surface area contributed by atoms with Gasteiger partial charge in [0.25, 0.3) is 0 Å². The number of aromatic hydroxyl groups is 1. The number of phenols is 1. The van der Waals surface area contributed by atoms with E-state index in [1.54, 1.807) is 12.1 Å². The predicted molar refractivity (Wildman–Crippen MR) is 83.3 cm³/mol. The smallest absolute Gasteiger partial charge is 0.143 e.